The number of hydrogen-bond acceptors (Lipinski definition) is 5. The first-order valence-electron chi connectivity index (χ1n) is 10.0. The predicted molar refractivity (Wildman–Crippen MR) is 106 cm³/mol. The molecule has 30 heavy (non-hydrogen) atoms. The highest BCUT2D eigenvalue weighted by atomic mass is 19.1. The van der Waals surface area contributed by atoms with Gasteiger partial charge in [0.15, 0.2) is 12.7 Å². The molecule has 2 aliphatic rings. The maximum absolute atomic E-state index is 13.4. The number of amides is 1. The summed E-state index contributed by atoms with van der Waals surface area (Å²) < 4.78 is 30.8. The Balaban J connectivity index is 1.23. The van der Waals surface area contributed by atoms with Gasteiger partial charge in [-0.05, 0) is 48.7 Å². The van der Waals surface area contributed by atoms with Crippen LogP contribution >= 0.6 is 0 Å². The van der Waals surface area contributed by atoms with Crippen molar-refractivity contribution in [3.05, 3.63) is 77.3 Å². The van der Waals surface area contributed by atoms with Crippen molar-refractivity contribution in [2.45, 2.75) is 38.5 Å². The molecule has 0 bridgehead atoms. The molecule has 2 aliphatic heterocycles. The minimum atomic E-state index is -0.562. The smallest absolute Gasteiger partial charge is 0.264 e. The molecule has 0 N–H and O–H groups in total. The van der Waals surface area contributed by atoms with Crippen LogP contribution in [0.2, 0.25) is 0 Å². The molecule has 0 saturated carbocycles. The van der Waals surface area contributed by atoms with Crippen molar-refractivity contribution in [1.82, 2.24) is 9.88 Å². The lowest BCUT2D eigenvalue weighted by molar-refractivity contribution is -0.140. The molecule has 0 spiro atoms. The van der Waals surface area contributed by atoms with Gasteiger partial charge in [-0.1, -0.05) is 18.2 Å². The average molecular weight is 408 g/mol. The number of oxazole rings is 1. The van der Waals surface area contributed by atoms with Crippen LogP contribution in [-0.4, -0.2) is 28.4 Å². The zero-order chi connectivity index (χ0) is 20.5. The Morgan fingerprint density at radius 3 is 2.93 bits per heavy atom. The molecule has 1 unspecified atom stereocenters. The molecule has 0 aliphatic carbocycles. The van der Waals surface area contributed by atoms with Gasteiger partial charge in [-0.15, -0.1) is 0 Å². The summed E-state index contributed by atoms with van der Waals surface area (Å²) >= 11 is 0. The summed E-state index contributed by atoms with van der Waals surface area (Å²) in [6, 6.07) is 13.9. The molecule has 1 amide bonds. The van der Waals surface area contributed by atoms with E-state index in [-0.39, 0.29) is 18.3 Å². The molecule has 3 heterocycles. The Bertz CT molecular complexity index is 1070. The maximum atomic E-state index is 13.4. The normalized spacial score (nSPS) is 17.6. The zero-order valence-corrected chi connectivity index (χ0v) is 16.3. The lowest BCUT2D eigenvalue weighted by Gasteiger charge is -2.32. The Morgan fingerprint density at radius 1 is 1.20 bits per heavy atom. The van der Waals surface area contributed by atoms with Gasteiger partial charge < -0.3 is 18.8 Å². The number of para-hydroxylation sites is 1. The predicted octanol–water partition coefficient (Wildman–Crippen LogP) is 3.67. The summed E-state index contributed by atoms with van der Waals surface area (Å²) in [4.78, 5) is 19.3. The summed E-state index contributed by atoms with van der Waals surface area (Å²) in [6.07, 6.45) is 1.22. The molecule has 1 atom stereocenters. The first kappa shape index (κ1) is 18.7. The summed E-state index contributed by atoms with van der Waals surface area (Å²) in [5.74, 6) is 2.17. The summed E-state index contributed by atoms with van der Waals surface area (Å²) in [6.45, 7) is 1.17. The van der Waals surface area contributed by atoms with E-state index in [0.717, 1.165) is 17.0 Å². The number of ether oxygens (including phenoxy) is 2. The van der Waals surface area contributed by atoms with Crippen LogP contribution in [-0.2, 0) is 30.8 Å². The summed E-state index contributed by atoms with van der Waals surface area (Å²) in [5.41, 5.74) is 1.68. The van der Waals surface area contributed by atoms with Crippen LogP contribution in [0.4, 0.5) is 4.39 Å². The molecule has 2 aromatic carbocycles. The van der Waals surface area contributed by atoms with E-state index in [2.05, 4.69) is 4.98 Å². The van der Waals surface area contributed by atoms with E-state index < -0.39 is 6.10 Å². The van der Waals surface area contributed by atoms with Crippen LogP contribution in [0.3, 0.4) is 0 Å². The van der Waals surface area contributed by atoms with Gasteiger partial charge in [0.1, 0.15) is 23.1 Å². The van der Waals surface area contributed by atoms with Crippen molar-refractivity contribution in [2.24, 2.45) is 0 Å². The highest BCUT2D eigenvalue weighted by Gasteiger charge is 2.33. The first-order valence-corrected chi connectivity index (χ1v) is 10.0. The van der Waals surface area contributed by atoms with Gasteiger partial charge in [-0.25, -0.2) is 9.37 Å². The molecule has 3 aromatic rings. The lowest BCUT2D eigenvalue weighted by Crippen LogP contribution is -2.45. The largest absolute Gasteiger partial charge is 0.484 e. The topological polar surface area (TPSA) is 64.8 Å². The number of carbonyl (C=O) groups is 1. The van der Waals surface area contributed by atoms with E-state index in [1.807, 2.05) is 30.3 Å². The maximum Gasteiger partial charge on any atom is 0.264 e. The second-order valence-corrected chi connectivity index (χ2v) is 7.49. The number of rotatable bonds is 4. The van der Waals surface area contributed by atoms with Crippen LogP contribution < -0.4 is 9.47 Å². The Hall–Kier alpha value is -3.35. The fourth-order valence-corrected chi connectivity index (χ4v) is 3.90. The Morgan fingerprint density at radius 2 is 2.07 bits per heavy atom. The third-order valence-corrected chi connectivity index (χ3v) is 5.44. The van der Waals surface area contributed by atoms with Gasteiger partial charge in [0.2, 0.25) is 5.89 Å². The molecule has 0 radical (unpaired) electrons. The molecule has 6 nitrogen and oxygen atoms in total. The van der Waals surface area contributed by atoms with E-state index in [0.29, 0.717) is 49.8 Å². The Labute approximate surface area is 173 Å². The van der Waals surface area contributed by atoms with Crippen molar-refractivity contribution >= 4 is 5.91 Å². The minimum absolute atomic E-state index is 0.0749. The highest BCUT2D eigenvalue weighted by molar-refractivity contribution is 5.82. The van der Waals surface area contributed by atoms with Crippen LogP contribution in [0.5, 0.6) is 11.5 Å². The van der Waals surface area contributed by atoms with Crippen molar-refractivity contribution in [3.8, 4) is 11.5 Å². The minimum Gasteiger partial charge on any atom is -0.484 e. The monoisotopic (exact) mass is 408 g/mol. The van der Waals surface area contributed by atoms with Gasteiger partial charge in [0.25, 0.3) is 5.91 Å². The molecular formula is C23H21FN2O4. The third kappa shape index (κ3) is 3.75. The van der Waals surface area contributed by atoms with Gasteiger partial charge in [0.05, 0.1) is 12.2 Å². The summed E-state index contributed by atoms with van der Waals surface area (Å²) in [7, 11) is 0. The van der Waals surface area contributed by atoms with E-state index in [1.54, 1.807) is 11.0 Å². The van der Waals surface area contributed by atoms with Gasteiger partial charge in [-0.3, -0.25) is 4.79 Å². The molecule has 1 aromatic heterocycles. The van der Waals surface area contributed by atoms with Crippen LogP contribution in [0.1, 0.15) is 29.3 Å². The molecular weight excluding hydrogens is 387 g/mol. The molecule has 154 valence electrons. The molecule has 0 fully saturated rings. The van der Waals surface area contributed by atoms with E-state index in [9.17, 15) is 9.18 Å². The second kappa shape index (κ2) is 7.82. The van der Waals surface area contributed by atoms with Crippen molar-refractivity contribution in [2.75, 3.05) is 6.54 Å². The molecule has 5 rings (SSSR count). The number of aromatic nitrogens is 1. The highest BCUT2D eigenvalue weighted by Crippen LogP contribution is 2.30. The number of carbonyl (C=O) groups excluding carboxylic acids is 1. The van der Waals surface area contributed by atoms with Gasteiger partial charge in [-0.2, -0.15) is 0 Å². The van der Waals surface area contributed by atoms with Crippen molar-refractivity contribution < 1.29 is 23.1 Å². The van der Waals surface area contributed by atoms with Crippen molar-refractivity contribution in [3.63, 3.8) is 0 Å². The molecule has 0 saturated heterocycles. The van der Waals surface area contributed by atoms with Gasteiger partial charge in [0, 0.05) is 13.0 Å². The third-order valence-electron chi connectivity index (χ3n) is 5.44. The van der Waals surface area contributed by atoms with Crippen LogP contribution in [0, 0.1) is 5.82 Å². The number of benzene rings is 2. The number of hydrogen-bond donors (Lipinski definition) is 0. The number of fused-ring (bicyclic) bond motifs is 2. The van der Waals surface area contributed by atoms with Crippen LogP contribution in [0.15, 0.2) is 52.9 Å². The molecule has 7 heteroatoms. The first-order chi connectivity index (χ1) is 14.7. The van der Waals surface area contributed by atoms with Crippen molar-refractivity contribution in [1.29, 1.82) is 0 Å². The van der Waals surface area contributed by atoms with Gasteiger partial charge >= 0.3 is 0 Å². The van der Waals surface area contributed by atoms with E-state index in [4.69, 9.17) is 13.9 Å². The lowest BCUT2D eigenvalue weighted by atomic mass is 10.0. The number of halogens is 1. The Kier molecular flexibility index (Phi) is 4.86. The number of aryl methyl sites for hydroxylation is 1. The number of nitrogens with zero attached hydrogens (tertiary/aromatic N) is 2. The fraction of sp³-hybridized carbons (Fsp3) is 0.304. The van der Waals surface area contributed by atoms with Crippen LogP contribution in [0.25, 0.3) is 0 Å². The summed E-state index contributed by atoms with van der Waals surface area (Å²) in [5, 5.41) is 0. The van der Waals surface area contributed by atoms with E-state index in [1.165, 1.54) is 12.1 Å². The average Bonchev–Trinajstić information content (AvgIpc) is 3.19. The SMILES string of the molecule is O=C(C1CCc2cc(F)ccc2O1)N1CCc2nc(COc3ccccc3)oc2C1. The zero-order valence-electron chi connectivity index (χ0n) is 16.3. The fourth-order valence-electron chi connectivity index (χ4n) is 3.90. The second-order valence-electron chi connectivity index (χ2n) is 7.49. The standard InChI is InChI=1S/C23H21FN2O4/c24-16-7-9-19-15(12-16)6-8-20(29-19)23(27)26-11-10-18-21(13-26)30-22(25-18)14-28-17-4-2-1-3-5-17/h1-5,7,9,12,20H,6,8,10-11,13-14H2. The van der Waals surface area contributed by atoms with E-state index >= 15 is 0 Å². The quantitative estimate of drug-likeness (QED) is 0.659.